The Morgan fingerprint density at radius 1 is 1.29 bits per heavy atom. The predicted molar refractivity (Wildman–Crippen MR) is 80.4 cm³/mol. The van der Waals surface area contributed by atoms with Crippen LogP contribution < -0.4 is 9.30 Å². The van der Waals surface area contributed by atoms with Gasteiger partial charge in [-0.3, -0.25) is 0 Å². The molecule has 116 valence electrons. The van der Waals surface area contributed by atoms with Crippen molar-refractivity contribution >= 4 is 31.8 Å². The van der Waals surface area contributed by atoms with Crippen molar-refractivity contribution in [1.82, 2.24) is 0 Å². The zero-order valence-electron chi connectivity index (χ0n) is 12.4. The van der Waals surface area contributed by atoms with Gasteiger partial charge in [0, 0.05) is 0 Å². The van der Waals surface area contributed by atoms with Crippen molar-refractivity contribution in [3.05, 3.63) is 24.3 Å². The van der Waals surface area contributed by atoms with Gasteiger partial charge in [-0.05, 0) is 0 Å². The number of rotatable bonds is 10. The van der Waals surface area contributed by atoms with E-state index in [0.29, 0.717) is 26.2 Å². The molecule has 0 fully saturated rings. The quantitative estimate of drug-likeness (QED) is 0.298. The second kappa shape index (κ2) is 10.8. The van der Waals surface area contributed by atoms with Crippen LogP contribution in [-0.4, -0.2) is 46.7 Å². The van der Waals surface area contributed by atoms with Crippen molar-refractivity contribution in [2.45, 2.75) is 26.7 Å². The third-order valence-electron chi connectivity index (χ3n) is 2.88. The zero-order valence-corrected chi connectivity index (χ0v) is 14.5. The van der Waals surface area contributed by atoms with Gasteiger partial charge >= 0.3 is 131 Å². The Morgan fingerprint density at radius 3 is 2.57 bits per heavy atom. The number of hydrogen-bond acceptors (Lipinski definition) is 5. The molecule has 1 amide bonds. The number of ether oxygens (including phenoxy) is 1. The molecule has 0 saturated carbocycles. The monoisotopic (exact) mass is 357 g/mol. The van der Waals surface area contributed by atoms with Gasteiger partial charge in [0.1, 0.15) is 0 Å². The van der Waals surface area contributed by atoms with Gasteiger partial charge in [-0.25, -0.2) is 0 Å². The molecule has 0 aliphatic heterocycles. The third kappa shape index (κ3) is 6.58. The number of amides is 1. The molecule has 6 nitrogen and oxygen atoms in total. The van der Waals surface area contributed by atoms with Crippen LogP contribution in [0.1, 0.15) is 26.7 Å². The van der Waals surface area contributed by atoms with Crippen LogP contribution in [0, 0.1) is 0 Å². The van der Waals surface area contributed by atoms with E-state index >= 15 is 0 Å². The number of carbonyl (C=O) groups is 1. The molecule has 1 aromatic carbocycles. The van der Waals surface area contributed by atoms with E-state index in [-0.39, 0.29) is 5.91 Å². The van der Waals surface area contributed by atoms with Crippen molar-refractivity contribution in [2.24, 2.45) is 0 Å². The molecule has 1 aromatic rings. The first-order chi connectivity index (χ1) is 10.2. The maximum absolute atomic E-state index is 12.2. The fraction of sp³-hybridized carbons (Fsp3) is 0.500. The normalized spacial score (nSPS) is 10.6. The van der Waals surface area contributed by atoms with E-state index in [2.05, 4.69) is 8.95 Å². The van der Waals surface area contributed by atoms with Crippen LogP contribution in [0.3, 0.4) is 0 Å². The molecule has 0 atom stereocenters. The van der Waals surface area contributed by atoms with Crippen molar-refractivity contribution < 1.29 is 23.7 Å². The van der Waals surface area contributed by atoms with Crippen LogP contribution in [0.2, 0.25) is 0 Å². The van der Waals surface area contributed by atoms with E-state index in [0.717, 1.165) is 16.5 Å². The van der Waals surface area contributed by atoms with Crippen molar-refractivity contribution in [1.29, 1.82) is 0 Å². The first-order valence-corrected chi connectivity index (χ1v) is 8.84. The summed E-state index contributed by atoms with van der Waals surface area (Å²) in [4.78, 5) is 13.9. The molecule has 7 heteroatoms. The summed E-state index contributed by atoms with van der Waals surface area (Å²) in [6, 6.07) is 7.52. The van der Waals surface area contributed by atoms with Gasteiger partial charge in [-0.15, -0.1) is 0 Å². The molecular formula is C14H21GeNO5. The predicted octanol–water partition coefficient (Wildman–Crippen LogP) is 1.52. The number of carbonyl (C=O) groups excluding carboxylic acids is 1. The number of hydrogen-bond donors (Lipinski definition) is 1. The number of anilines is 1. The number of nitrogens with zero attached hydrogens (tertiary/aromatic N) is 1. The summed E-state index contributed by atoms with van der Waals surface area (Å²) in [7, 11) is 0. The Hall–Kier alpha value is -0.927. The van der Waals surface area contributed by atoms with Crippen molar-refractivity contribution in [3.8, 4) is 0 Å². The van der Waals surface area contributed by atoms with Crippen LogP contribution in [0.15, 0.2) is 24.3 Å². The molecule has 0 aliphatic rings. The summed E-state index contributed by atoms with van der Waals surface area (Å²) in [5.74, 6) is 0.0934. The molecular weight excluding hydrogens is 335 g/mol. The average Bonchev–Trinajstić information content (AvgIpc) is 2.51. The van der Waals surface area contributed by atoms with Gasteiger partial charge in [0.25, 0.3) is 0 Å². The molecule has 0 unspecified atom stereocenters. The van der Waals surface area contributed by atoms with Crippen LogP contribution >= 0.6 is 0 Å². The van der Waals surface area contributed by atoms with Gasteiger partial charge in [-0.2, -0.15) is 0 Å². The van der Waals surface area contributed by atoms with E-state index in [4.69, 9.17) is 9.99 Å². The van der Waals surface area contributed by atoms with Crippen molar-refractivity contribution in [2.75, 3.05) is 24.7 Å². The van der Waals surface area contributed by atoms with E-state index in [1.54, 1.807) is 4.90 Å². The molecule has 0 saturated heterocycles. The fourth-order valence-corrected chi connectivity index (χ4v) is 2.80. The van der Waals surface area contributed by atoms with Gasteiger partial charge in [0.05, 0.1) is 0 Å². The second-order valence-electron chi connectivity index (χ2n) is 4.25. The first-order valence-electron chi connectivity index (χ1n) is 6.94. The van der Waals surface area contributed by atoms with Gasteiger partial charge in [0.2, 0.25) is 0 Å². The summed E-state index contributed by atoms with van der Waals surface area (Å²) in [6.07, 6.45) is 1.21. The molecule has 0 spiro atoms. The van der Waals surface area contributed by atoms with Crippen LogP contribution in [0.25, 0.3) is 0 Å². The Bertz CT molecular complexity index is 412. The third-order valence-corrected chi connectivity index (χ3v) is 4.40. The standard InChI is InChI=1S/C14H21GeNO5/c1-3-16(14(17)6-5-11-19-4-2)13-9-7-12(8-10-13)15-20-21-18/h7-10,18H,3-6,11H2,1-2H3. The summed E-state index contributed by atoms with van der Waals surface area (Å²) < 4.78 is 10.8. The van der Waals surface area contributed by atoms with Crippen LogP contribution in [0.5, 0.6) is 0 Å². The molecule has 0 aliphatic carbocycles. The van der Waals surface area contributed by atoms with E-state index in [1.807, 2.05) is 38.1 Å². The zero-order chi connectivity index (χ0) is 15.5. The molecule has 21 heavy (non-hydrogen) atoms. The molecule has 1 rings (SSSR count). The minimum atomic E-state index is -0.966. The second-order valence-corrected chi connectivity index (χ2v) is 6.23. The summed E-state index contributed by atoms with van der Waals surface area (Å²) in [5.41, 5.74) is 0.860. The van der Waals surface area contributed by atoms with Gasteiger partial charge < -0.3 is 0 Å². The first kappa shape index (κ1) is 18.1. The molecule has 0 heterocycles. The Balaban J connectivity index is 2.56. The van der Waals surface area contributed by atoms with Gasteiger partial charge in [-0.1, -0.05) is 0 Å². The van der Waals surface area contributed by atoms with Gasteiger partial charge in [0.15, 0.2) is 0 Å². The van der Waals surface area contributed by atoms with Crippen LogP contribution in [-0.2, 0) is 18.5 Å². The summed E-state index contributed by atoms with van der Waals surface area (Å²) in [6.45, 7) is 5.80. The fourth-order valence-electron chi connectivity index (χ4n) is 1.88. The van der Waals surface area contributed by atoms with Crippen LogP contribution in [0.4, 0.5) is 5.69 Å². The average molecular weight is 356 g/mol. The van der Waals surface area contributed by atoms with Crippen molar-refractivity contribution in [3.63, 3.8) is 0 Å². The van der Waals surface area contributed by atoms with E-state index in [1.165, 1.54) is 0 Å². The maximum atomic E-state index is 12.2. The summed E-state index contributed by atoms with van der Waals surface area (Å²) >= 11 is -0.966. The Morgan fingerprint density at radius 2 is 2.00 bits per heavy atom. The Labute approximate surface area is 131 Å². The molecule has 1 N–H and O–H groups in total. The number of benzene rings is 1. The van der Waals surface area contributed by atoms with E-state index in [9.17, 15) is 4.79 Å². The molecule has 0 aromatic heterocycles. The topological polar surface area (TPSA) is 68.2 Å². The molecule has 2 radical (unpaired) electrons. The molecule has 0 bridgehead atoms. The SMILES string of the molecule is CCOCCCC(=O)N(CC)c1cc[c]([Ge][O]OO)cc1. The van der Waals surface area contributed by atoms with E-state index < -0.39 is 15.8 Å². The minimum absolute atomic E-state index is 0.0934. The Kier molecular flexibility index (Phi) is 9.28. The summed E-state index contributed by atoms with van der Waals surface area (Å²) in [5, 5.41) is 11.8.